The molecule has 7 heteroatoms. The summed E-state index contributed by atoms with van der Waals surface area (Å²) in [6.07, 6.45) is 0. The van der Waals surface area contributed by atoms with E-state index in [0.717, 1.165) is 33.4 Å². The fraction of sp³-hybridized carbons (Fsp3) is 0.280. The zero-order valence-corrected chi connectivity index (χ0v) is 19.8. The lowest BCUT2D eigenvalue weighted by atomic mass is 9.97. The molecule has 0 amide bonds. The van der Waals surface area contributed by atoms with Gasteiger partial charge in [-0.05, 0) is 41.1 Å². The van der Waals surface area contributed by atoms with Crippen molar-refractivity contribution in [1.82, 2.24) is 4.90 Å². The third kappa shape index (κ3) is 4.82. The van der Waals surface area contributed by atoms with E-state index in [1.165, 1.54) is 22.7 Å². The molecule has 0 fully saturated rings. The van der Waals surface area contributed by atoms with Crippen LogP contribution in [0.25, 0.3) is 0 Å². The van der Waals surface area contributed by atoms with Gasteiger partial charge in [0.1, 0.15) is 17.3 Å². The number of rotatable bonds is 11. The van der Waals surface area contributed by atoms with Crippen LogP contribution in [0.2, 0.25) is 0 Å². The maximum atomic E-state index is 11.8. The molecule has 4 aromatic rings. The first-order valence-corrected chi connectivity index (χ1v) is 12.1. The van der Waals surface area contributed by atoms with Gasteiger partial charge in [-0.25, -0.2) is 0 Å². The average molecular weight is 470 g/mol. The molecule has 0 spiro atoms. The van der Waals surface area contributed by atoms with Crippen LogP contribution in [-0.2, 0) is 23.4 Å². The number of para-hydroxylation sites is 1. The minimum Gasteiger partial charge on any atom is -0.496 e. The second-order valence-corrected chi connectivity index (χ2v) is 9.34. The Balaban J connectivity index is 1.59. The van der Waals surface area contributed by atoms with Gasteiger partial charge < -0.3 is 19.0 Å². The van der Waals surface area contributed by atoms with Crippen LogP contribution in [0.4, 0.5) is 0 Å². The molecule has 0 unspecified atom stereocenters. The molecule has 32 heavy (non-hydrogen) atoms. The number of thiophene rings is 2. The summed E-state index contributed by atoms with van der Waals surface area (Å²) in [5.74, 6) is 2.18. The maximum Gasteiger partial charge on any atom is 0.191 e. The Morgan fingerprint density at radius 2 is 1.62 bits per heavy atom. The van der Waals surface area contributed by atoms with Crippen LogP contribution in [0, 0.1) is 0 Å². The molecule has 168 valence electrons. The normalized spacial score (nSPS) is 11.9. The van der Waals surface area contributed by atoms with Crippen molar-refractivity contribution in [2.75, 3.05) is 27.4 Å². The Kier molecular flexibility index (Phi) is 7.44. The minimum absolute atomic E-state index is 0.529. The summed E-state index contributed by atoms with van der Waals surface area (Å²) in [6.45, 7) is 2.64. The number of methoxy groups -OCH3 is 2. The lowest BCUT2D eigenvalue weighted by molar-refractivity contribution is 0.0996. The van der Waals surface area contributed by atoms with E-state index in [0.29, 0.717) is 25.5 Å². The minimum atomic E-state index is -1.29. The number of benzene rings is 1. The number of aliphatic hydroxyl groups is 1. The van der Waals surface area contributed by atoms with Crippen LogP contribution in [0.5, 0.6) is 5.75 Å². The monoisotopic (exact) mass is 469 g/mol. The molecule has 3 aromatic heterocycles. The lowest BCUT2D eigenvalue weighted by Gasteiger charge is -2.24. The number of furan rings is 1. The van der Waals surface area contributed by atoms with Crippen molar-refractivity contribution in [1.29, 1.82) is 0 Å². The smallest absolute Gasteiger partial charge is 0.191 e. The SMILES string of the molecule is COCCN(Cc1ccc(C(O)(c2cccs2)c2cccs2)o1)Cc1ccccc1OC. The molecule has 0 bridgehead atoms. The van der Waals surface area contributed by atoms with E-state index in [9.17, 15) is 5.11 Å². The Morgan fingerprint density at radius 1 is 0.906 bits per heavy atom. The number of nitrogens with zero attached hydrogens (tertiary/aromatic N) is 1. The fourth-order valence-electron chi connectivity index (χ4n) is 3.72. The molecule has 1 aromatic carbocycles. The van der Waals surface area contributed by atoms with Crippen molar-refractivity contribution in [2.24, 2.45) is 0 Å². The van der Waals surface area contributed by atoms with Crippen LogP contribution in [0.3, 0.4) is 0 Å². The molecule has 4 rings (SSSR count). The summed E-state index contributed by atoms with van der Waals surface area (Å²) >= 11 is 3.04. The first kappa shape index (κ1) is 22.8. The van der Waals surface area contributed by atoms with Crippen LogP contribution in [-0.4, -0.2) is 37.4 Å². The lowest BCUT2D eigenvalue weighted by Crippen LogP contribution is -2.27. The van der Waals surface area contributed by atoms with Gasteiger partial charge in [-0.15, -0.1) is 22.7 Å². The zero-order chi connectivity index (χ0) is 22.4. The van der Waals surface area contributed by atoms with Gasteiger partial charge in [-0.3, -0.25) is 4.90 Å². The van der Waals surface area contributed by atoms with Gasteiger partial charge in [0, 0.05) is 35.5 Å². The highest BCUT2D eigenvalue weighted by Crippen LogP contribution is 2.41. The number of hydrogen-bond acceptors (Lipinski definition) is 7. The molecule has 0 saturated heterocycles. The average Bonchev–Trinajstić information content (AvgIpc) is 3.60. The second-order valence-electron chi connectivity index (χ2n) is 7.45. The molecular weight excluding hydrogens is 442 g/mol. The fourth-order valence-corrected chi connectivity index (χ4v) is 5.47. The number of hydrogen-bond donors (Lipinski definition) is 1. The summed E-state index contributed by atoms with van der Waals surface area (Å²) in [5.41, 5.74) is -0.188. The molecule has 0 atom stereocenters. The van der Waals surface area contributed by atoms with E-state index in [1.54, 1.807) is 14.2 Å². The van der Waals surface area contributed by atoms with E-state index in [2.05, 4.69) is 11.0 Å². The van der Waals surface area contributed by atoms with E-state index in [-0.39, 0.29) is 0 Å². The summed E-state index contributed by atoms with van der Waals surface area (Å²) in [7, 11) is 3.39. The van der Waals surface area contributed by atoms with Crippen molar-refractivity contribution in [2.45, 2.75) is 18.7 Å². The molecule has 0 saturated carbocycles. The van der Waals surface area contributed by atoms with Gasteiger partial charge in [0.2, 0.25) is 0 Å². The molecule has 0 radical (unpaired) electrons. The highest BCUT2D eigenvalue weighted by Gasteiger charge is 2.39. The Bertz CT molecular complexity index is 1050. The van der Waals surface area contributed by atoms with Crippen LogP contribution in [0.15, 0.2) is 75.8 Å². The molecule has 5 nitrogen and oxygen atoms in total. The summed E-state index contributed by atoms with van der Waals surface area (Å²) in [5, 5.41) is 15.7. The van der Waals surface area contributed by atoms with Crippen LogP contribution >= 0.6 is 22.7 Å². The largest absolute Gasteiger partial charge is 0.496 e. The van der Waals surface area contributed by atoms with E-state index < -0.39 is 5.60 Å². The topological polar surface area (TPSA) is 55.1 Å². The van der Waals surface area contributed by atoms with E-state index in [4.69, 9.17) is 13.9 Å². The summed E-state index contributed by atoms with van der Waals surface area (Å²) in [4.78, 5) is 3.93. The van der Waals surface area contributed by atoms with Crippen molar-refractivity contribution < 1.29 is 19.0 Å². The van der Waals surface area contributed by atoms with Crippen LogP contribution in [0.1, 0.15) is 26.8 Å². The quantitative estimate of drug-likeness (QED) is 0.321. The van der Waals surface area contributed by atoms with Crippen molar-refractivity contribution in [3.8, 4) is 5.75 Å². The highest BCUT2D eigenvalue weighted by atomic mass is 32.1. The first-order chi connectivity index (χ1) is 15.6. The predicted molar refractivity (Wildman–Crippen MR) is 128 cm³/mol. The summed E-state index contributed by atoms with van der Waals surface area (Å²) < 4.78 is 17.1. The first-order valence-electron chi connectivity index (χ1n) is 10.4. The molecule has 1 N–H and O–H groups in total. The van der Waals surface area contributed by atoms with Gasteiger partial charge in [-0.1, -0.05) is 30.3 Å². The van der Waals surface area contributed by atoms with Crippen molar-refractivity contribution in [3.05, 3.63) is 98.3 Å². The van der Waals surface area contributed by atoms with E-state index in [1.807, 2.05) is 65.4 Å². The maximum absolute atomic E-state index is 11.8. The summed E-state index contributed by atoms with van der Waals surface area (Å²) in [6, 6.07) is 19.6. The molecule has 0 aliphatic rings. The molecule has 0 aliphatic heterocycles. The Labute approximate surface area is 196 Å². The van der Waals surface area contributed by atoms with Gasteiger partial charge >= 0.3 is 0 Å². The van der Waals surface area contributed by atoms with Gasteiger partial charge in [0.15, 0.2) is 5.60 Å². The standard InChI is InChI=1S/C25H27NO4S2/c1-28-14-13-26(17-19-7-3-4-8-21(19)29-2)18-20-11-12-22(30-20)25(27,23-9-5-15-31-23)24-10-6-16-32-24/h3-12,15-16,27H,13-14,17-18H2,1-2H3. The van der Waals surface area contributed by atoms with Crippen molar-refractivity contribution in [3.63, 3.8) is 0 Å². The second kappa shape index (κ2) is 10.5. The molecule has 3 heterocycles. The van der Waals surface area contributed by atoms with E-state index >= 15 is 0 Å². The van der Waals surface area contributed by atoms with Gasteiger partial charge in [0.05, 0.1) is 20.3 Å². The van der Waals surface area contributed by atoms with Gasteiger partial charge in [0.25, 0.3) is 0 Å². The third-order valence-electron chi connectivity index (χ3n) is 5.35. The highest BCUT2D eigenvalue weighted by molar-refractivity contribution is 7.11. The predicted octanol–water partition coefficient (Wildman–Crippen LogP) is 5.34. The Morgan fingerprint density at radius 3 is 2.25 bits per heavy atom. The zero-order valence-electron chi connectivity index (χ0n) is 18.2. The number of ether oxygens (including phenoxy) is 2. The van der Waals surface area contributed by atoms with Crippen molar-refractivity contribution >= 4 is 22.7 Å². The van der Waals surface area contributed by atoms with Crippen LogP contribution < -0.4 is 4.74 Å². The third-order valence-corrected chi connectivity index (χ3v) is 7.31. The molecule has 0 aliphatic carbocycles. The van der Waals surface area contributed by atoms with Gasteiger partial charge in [-0.2, -0.15) is 0 Å². The Hall–Kier alpha value is -2.42. The molecular formula is C25H27NO4S2.